The predicted octanol–water partition coefficient (Wildman–Crippen LogP) is 2.70. The number of carbonyl (C=O) groups excluding carboxylic acids is 2. The van der Waals surface area contributed by atoms with Crippen molar-refractivity contribution in [2.24, 2.45) is 5.92 Å². The zero-order valence-corrected chi connectivity index (χ0v) is 15.5. The highest BCUT2D eigenvalue weighted by atomic mass is 16.5. The van der Waals surface area contributed by atoms with E-state index in [0.29, 0.717) is 19.3 Å². The van der Waals surface area contributed by atoms with Gasteiger partial charge in [0.1, 0.15) is 18.7 Å². The summed E-state index contributed by atoms with van der Waals surface area (Å²) in [6.07, 6.45) is 0.879. The zero-order valence-electron chi connectivity index (χ0n) is 15.5. The lowest BCUT2D eigenvalue weighted by molar-refractivity contribution is -0.142. The molecule has 3 N–H and O–H groups in total. The van der Waals surface area contributed by atoms with Crippen LogP contribution in [0.1, 0.15) is 45.6 Å². The van der Waals surface area contributed by atoms with Gasteiger partial charge in [-0.05, 0) is 17.9 Å². The number of ether oxygens (including phenoxy) is 1. The first-order chi connectivity index (χ1) is 12.4. The molecule has 7 heteroatoms. The topological polar surface area (TPSA) is 105 Å². The highest BCUT2D eigenvalue weighted by Gasteiger charge is 2.29. The number of amides is 2. The van der Waals surface area contributed by atoms with E-state index >= 15 is 0 Å². The van der Waals surface area contributed by atoms with E-state index in [1.165, 1.54) is 0 Å². The van der Waals surface area contributed by atoms with Crippen molar-refractivity contribution in [3.05, 3.63) is 35.9 Å². The van der Waals surface area contributed by atoms with E-state index < -0.39 is 30.1 Å². The van der Waals surface area contributed by atoms with Crippen LogP contribution in [0.5, 0.6) is 0 Å². The number of carboxylic acids is 1. The summed E-state index contributed by atoms with van der Waals surface area (Å²) in [6.45, 7) is 5.64. The Labute approximate surface area is 154 Å². The number of carbonyl (C=O) groups is 3. The third-order valence-electron chi connectivity index (χ3n) is 4.17. The van der Waals surface area contributed by atoms with Crippen molar-refractivity contribution in [3.8, 4) is 0 Å². The molecule has 0 saturated heterocycles. The molecule has 0 unspecified atom stereocenters. The minimum atomic E-state index is -1.09. The van der Waals surface area contributed by atoms with Gasteiger partial charge in [0.05, 0.1) is 0 Å². The number of carboxylic acid groups (broad SMARTS) is 1. The van der Waals surface area contributed by atoms with Gasteiger partial charge in [-0.1, -0.05) is 63.9 Å². The summed E-state index contributed by atoms with van der Waals surface area (Å²) in [5.41, 5.74) is 0.834. The summed E-state index contributed by atoms with van der Waals surface area (Å²) >= 11 is 0. The second-order valence-electron chi connectivity index (χ2n) is 6.26. The van der Waals surface area contributed by atoms with Crippen LogP contribution in [0.15, 0.2) is 30.3 Å². The van der Waals surface area contributed by atoms with Gasteiger partial charge < -0.3 is 20.5 Å². The van der Waals surface area contributed by atoms with Gasteiger partial charge in [-0.2, -0.15) is 0 Å². The second kappa shape index (κ2) is 11.1. The smallest absolute Gasteiger partial charge is 0.408 e. The summed E-state index contributed by atoms with van der Waals surface area (Å²) in [6, 6.07) is 7.37. The lowest BCUT2D eigenvalue weighted by Gasteiger charge is -2.25. The van der Waals surface area contributed by atoms with E-state index in [-0.39, 0.29) is 12.5 Å². The average Bonchev–Trinajstić information content (AvgIpc) is 2.64. The molecule has 0 heterocycles. The van der Waals surface area contributed by atoms with Crippen LogP contribution < -0.4 is 10.6 Å². The largest absolute Gasteiger partial charge is 0.480 e. The first kappa shape index (κ1) is 21.5. The van der Waals surface area contributed by atoms with Crippen molar-refractivity contribution in [1.82, 2.24) is 10.6 Å². The molecule has 0 saturated carbocycles. The van der Waals surface area contributed by atoms with Gasteiger partial charge in [0.15, 0.2) is 0 Å². The van der Waals surface area contributed by atoms with Crippen LogP contribution >= 0.6 is 0 Å². The van der Waals surface area contributed by atoms with Crippen LogP contribution in [0.2, 0.25) is 0 Å². The van der Waals surface area contributed by atoms with Gasteiger partial charge in [0, 0.05) is 0 Å². The average molecular weight is 364 g/mol. The minimum absolute atomic E-state index is 0.0924. The first-order valence-corrected chi connectivity index (χ1v) is 8.89. The molecule has 0 radical (unpaired) electrons. The van der Waals surface area contributed by atoms with Gasteiger partial charge in [0.25, 0.3) is 0 Å². The molecule has 3 atom stereocenters. The Bertz CT molecular complexity index is 591. The van der Waals surface area contributed by atoms with Gasteiger partial charge in [-0.3, -0.25) is 4.79 Å². The Morgan fingerprint density at radius 1 is 1.12 bits per heavy atom. The monoisotopic (exact) mass is 364 g/mol. The van der Waals surface area contributed by atoms with E-state index in [1.54, 1.807) is 0 Å². The Kier molecular flexibility index (Phi) is 9.19. The summed E-state index contributed by atoms with van der Waals surface area (Å²) < 4.78 is 5.16. The molecule has 0 bridgehead atoms. The molecule has 1 aromatic rings. The van der Waals surface area contributed by atoms with Gasteiger partial charge in [-0.15, -0.1) is 0 Å². The Hall–Kier alpha value is -2.57. The molecule has 2 amide bonds. The van der Waals surface area contributed by atoms with E-state index in [4.69, 9.17) is 4.74 Å². The van der Waals surface area contributed by atoms with Crippen molar-refractivity contribution < 1.29 is 24.2 Å². The maximum absolute atomic E-state index is 12.5. The normalized spacial score (nSPS) is 14.0. The molecule has 7 nitrogen and oxygen atoms in total. The summed E-state index contributed by atoms with van der Waals surface area (Å²) in [5, 5.41) is 14.3. The number of rotatable bonds is 10. The molecule has 26 heavy (non-hydrogen) atoms. The maximum Gasteiger partial charge on any atom is 0.408 e. The lowest BCUT2D eigenvalue weighted by atomic mass is 9.98. The fourth-order valence-electron chi connectivity index (χ4n) is 2.40. The van der Waals surface area contributed by atoms with Crippen molar-refractivity contribution >= 4 is 18.0 Å². The number of hydrogen-bond donors (Lipinski definition) is 3. The molecule has 0 spiro atoms. The molecule has 0 aliphatic heterocycles. The van der Waals surface area contributed by atoms with Crippen LogP contribution in [-0.2, 0) is 20.9 Å². The van der Waals surface area contributed by atoms with Crippen LogP contribution in [0, 0.1) is 5.92 Å². The van der Waals surface area contributed by atoms with E-state index in [0.717, 1.165) is 5.56 Å². The number of alkyl carbamates (subject to hydrolysis) is 1. The molecule has 144 valence electrons. The second-order valence-corrected chi connectivity index (χ2v) is 6.26. The summed E-state index contributed by atoms with van der Waals surface area (Å²) in [4.78, 5) is 35.8. The minimum Gasteiger partial charge on any atom is -0.480 e. The van der Waals surface area contributed by atoms with Crippen LogP contribution in [-0.4, -0.2) is 35.2 Å². The highest BCUT2D eigenvalue weighted by molar-refractivity contribution is 5.89. The molecule has 0 aliphatic carbocycles. The molecule has 1 aromatic carbocycles. The van der Waals surface area contributed by atoms with Gasteiger partial charge >= 0.3 is 12.1 Å². The maximum atomic E-state index is 12.5. The first-order valence-electron chi connectivity index (χ1n) is 8.89. The van der Waals surface area contributed by atoms with Gasteiger partial charge in [-0.25, -0.2) is 9.59 Å². The number of benzene rings is 1. The third-order valence-corrected chi connectivity index (χ3v) is 4.17. The molecule has 1 rings (SSSR count). The van der Waals surface area contributed by atoms with Crippen LogP contribution in [0.3, 0.4) is 0 Å². The number of hydrogen-bond acceptors (Lipinski definition) is 4. The molecule has 0 aliphatic rings. The molecule has 0 fully saturated rings. The van der Waals surface area contributed by atoms with E-state index in [2.05, 4.69) is 10.6 Å². The Morgan fingerprint density at radius 3 is 2.31 bits per heavy atom. The SMILES string of the molecule is CCC[C@@H](NC(=O)[C@@H](NC(=O)OCc1ccccc1)[C@@H](C)CC)C(=O)O. The van der Waals surface area contributed by atoms with Crippen LogP contribution in [0.4, 0.5) is 4.79 Å². The van der Waals surface area contributed by atoms with E-state index in [1.807, 2.05) is 51.1 Å². The molecular weight excluding hydrogens is 336 g/mol. The fraction of sp³-hybridized carbons (Fsp3) is 0.526. The highest BCUT2D eigenvalue weighted by Crippen LogP contribution is 2.10. The Balaban J connectivity index is 2.68. The summed E-state index contributed by atoms with van der Waals surface area (Å²) in [5.74, 6) is -1.78. The van der Waals surface area contributed by atoms with Crippen molar-refractivity contribution in [2.45, 2.75) is 58.7 Å². The van der Waals surface area contributed by atoms with Crippen molar-refractivity contribution in [3.63, 3.8) is 0 Å². The standard InChI is InChI=1S/C19H28N2O5/c1-4-9-15(18(23)24)20-17(22)16(13(3)5-2)21-19(25)26-12-14-10-7-6-8-11-14/h6-8,10-11,13,15-16H,4-5,9,12H2,1-3H3,(H,20,22)(H,21,25)(H,23,24)/t13-,15+,16-/m0/s1. The summed E-state index contributed by atoms with van der Waals surface area (Å²) in [7, 11) is 0. The van der Waals surface area contributed by atoms with Crippen LogP contribution in [0.25, 0.3) is 0 Å². The predicted molar refractivity (Wildman–Crippen MR) is 97.5 cm³/mol. The lowest BCUT2D eigenvalue weighted by Crippen LogP contribution is -2.54. The molecular formula is C19H28N2O5. The number of aliphatic carboxylic acids is 1. The number of nitrogens with one attached hydrogen (secondary N) is 2. The van der Waals surface area contributed by atoms with Crippen molar-refractivity contribution in [1.29, 1.82) is 0 Å². The quantitative estimate of drug-likeness (QED) is 0.592. The van der Waals surface area contributed by atoms with E-state index in [9.17, 15) is 19.5 Å². The van der Waals surface area contributed by atoms with Gasteiger partial charge in [0.2, 0.25) is 5.91 Å². The molecule has 0 aromatic heterocycles. The van der Waals surface area contributed by atoms with Crippen molar-refractivity contribution in [2.75, 3.05) is 0 Å². The fourth-order valence-corrected chi connectivity index (χ4v) is 2.40. The third kappa shape index (κ3) is 7.13. The Morgan fingerprint density at radius 2 is 1.77 bits per heavy atom. The zero-order chi connectivity index (χ0) is 19.5.